The molecule has 0 saturated heterocycles. The Morgan fingerprint density at radius 2 is 1.63 bits per heavy atom. The van der Waals surface area contributed by atoms with Gasteiger partial charge in [0.15, 0.2) is 0 Å². The normalized spacial score (nSPS) is 10.9. The molecular weight excluding hydrogens is 526 g/mol. The van der Waals surface area contributed by atoms with E-state index in [1.54, 1.807) is 52.0 Å². The molecule has 0 aliphatic rings. The third-order valence-electron chi connectivity index (χ3n) is 5.58. The first-order valence-electron chi connectivity index (χ1n) is 13.5. The van der Waals surface area contributed by atoms with E-state index in [-0.39, 0.29) is 31.0 Å². The van der Waals surface area contributed by atoms with Crippen molar-refractivity contribution in [2.45, 2.75) is 52.7 Å². The van der Waals surface area contributed by atoms with Gasteiger partial charge in [-0.25, -0.2) is 14.3 Å². The van der Waals surface area contributed by atoms with Crippen molar-refractivity contribution in [3.8, 4) is 11.3 Å². The van der Waals surface area contributed by atoms with Crippen LogP contribution in [0.1, 0.15) is 45.2 Å². The second kappa shape index (κ2) is 14.6. The summed E-state index contributed by atoms with van der Waals surface area (Å²) >= 11 is 0. The third-order valence-corrected chi connectivity index (χ3v) is 5.58. The van der Waals surface area contributed by atoms with E-state index in [0.29, 0.717) is 30.9 Å². The molecule has 3 N–H and O–H groups in total. The Kier molecular flexibility index (Phi) is 11.0. The van der Waals surface area contributed by atoms with Gasteiger partial charge in [0, 0.05) is 30.4 Å². The van der Waals surface area contributed by atoms with Crippen LogP contribution in [0.5, 0.6) is 0 Å². The summed E-state index contributed by atoms with van der Waals surface area (Å²) in [6.45, 7) is 8.38. The zero-order valence-corrected chi connectivity index (χ0v) is 23.9. The van der Waals surface area contributed by atoms with Gasteiger partial charge in [-0.15, -0.1) is 0 Å². The molecule has 3 aromatic rings. The molecule has 0 aliphatic heterocycles. The van der Waals surface area contributed by atoms with Crippen molar-refractivity contribution in [2.24, 2.45) is 0 Å². The molecule has 0 radical (unpaired) electrons. The molecule has 1 aromatic heterocycles. The SMILES string of the molecule is CCOC(=O)Nc1cccc(Cn2nc(-c3cccc(CC(=O)NCCCNC(=O)OC(C)(C)C)c3)ccc2=O)c1. The molecule has 11 nitrogen and oxygen atoms in total. The number of nitrogens with one attached hydrogen (secondary N) is 3. The van der Waals surface area contributed by atoms with Crippen molar-refractivity contribution < 1.29 is 23.9 Å². The highest BCUT2D eigenvalue weighted by Crippen LogP contribution is 2.18. The van der Waals surface area contributed by atoms with Crippen LogP contribution in [0.2, 0.25) is 0 Å². The Morgan fingerprint density at radius 1 is 0.902 bits per heavy atom. The maximum atomic E-state index is 12.5. The molecule has 0 aliphatic carbocycles. The molecule has 218 valence electrons. The molecule has 2 aromatic carbocycles. The Balaban J connectivity index is 1.57. The number of nitrogens with zero attached hydrogens (tertiary/aromatic N) is 2. The molecule has 11 heteroatoms. The summed E-state index contributed by atoms with van der Waals surface area (Å²) in [7, 11) is 0. The topological polar surface area (TPSA) is 141 Å². The Labute approximate surface area is 239 Å². The predicted octanol–water partition coefficient (Wildman–Crippen LogP) is 4.10. The van der Waals surface area contributed by atoms with Crippen LogP contribution < -0.4 is 21.5 Å². The van der Waals surface area contributed by atoms with Crippen molar-refractivity contribution >= 4 is 23.8 Å². The minimum atomic E-state index is -0.560. The lowest BCUT2D eigenvalue weighted by Gasteiger charge is -2.19. The molecule has 0 atom stereocenters. The first kappa shape index (κ1) is 30.9. The fourth-order valence-corrected chi connectivity index (χ4v) is 3.83. The van der Waals surface area contributed by atoms with E-state index in [1.165, 1.54) is 10.7 Å². The van der Waals surface area contributed by atoms with Crippen LogP contribution in [-0.2, 0) is 27.2 Å². The average molecular weight is 564 g/mol. The van der Waals surface area contributed by atoms with E-state index in [2.05, 4.69) is 21.0 Å². The minimum Gasteiger partial charge on any atom is -0.450 e. The van der Waals surface area contributed by atoms with Gasteiger partial charge in [-0.2, -0.15) is 5.10 Å². The number of benzene rings is 2. The number of carbonyl (C=O) groups is 3. The second-order valence-corrected chi connectivity index (χ2v) is 10.3. The van der Waals surface area contributed by atoms with Crippen LogP contribution in [0.15, 0.2) is 65.5 Å². The summed E-state index contributed by atoms with van der Waals surface area (Å²) in [6, 6.07) is 17.6. The number of anilines is 1. The van der Waals surface area contributed by atoms with Crippen molar-refractivity contribution in [1.82, 2.24) is 20.4 Å². The number of carbonyl (C=O) groups excluding carboxylic acids is 3. The van der Waals surface area contributed by atoms with Crippen molar-refractivity contribution in [3.63, 3.8) is 0 Å². The zero-order valence-electron chi connectivity index (χ0n) is 23.9. The lowest BCUT2D eigenvalue weighted by Crippen LogP contribution is -2.34. The van der Waals surface area contributed by atoms with E-state index in [1.807, 2.05) is 30.3 Å². The number of alkyl carbamates (subject to hydrolysis) is 1. The summed E-state index contributed by atoms with van der Waals surface area (Å²) in [5, 5.41) is 12.7. The van der Waals surface area contributed by atoms with Crippen LogP contribution in [-0.4, -0.2) is 53.2 Å². The largest absolute Gasteiger partial charge is 0.450 e. The minimum absolute atomic E-state index is 0.145. The molecular formula is C30H37N5O6. The van der Waals surface area contributed by atoms with Crippen molar-refractivity contribution in [1.29, 1.82) is 0 Å². The zero-order chi connectivity index (χ0) is 29.8. The lowest BCUT2D eigenvalue weighted by molar-refractivity contribution is -0.120. The monoisotopic (exact) mass is 563 g/mol. The van der Waals surface area contributed by atoms with E-state index in [4.69, 9.17) is 9.47 Å². The Hall–Kier alpha value is -4.67. The predicted molar refractivity (Wildman–Crippen MR) is 156 cm³/mol. The van der Waals surface area contributed by atoms with E-state index in [9.17, 15) is 19.2 Å². The van der Waals surface area contributed by atoms with Crippen LogP contribution in [0.4, 0.5) is 15.3 Å². The van der Waals surface area contributed by atoms with Gasteiger partial charge in [0.1, 0.15) is 5.60 Å². The maximum absolute atomic E-state index is 12.5. The molecule has 1 heterocycles. The van der Waals surface area contributed by atoms with Gasteiger partial charge in [0.05, 0.1) is 25.3 Å². The number of hydrogen-bond donors (Lipinski definition) is 3. The highest BCUT2D eigenvalue weighted by molar-refractivity contribution is 5.84. The molecule has 3 amide bonds. The summed E-state index contributed by atoms with van der Waals surface area (Å²) in [5.41, 5.74) is 2.64. The molecule has 41 heavy (non-hydrogen) atoms. The van der Waals surface area contributed by atoms with Gasteiger partial charge in [0.2, 0.25) is 5.91 Å². The smallest absolute Gasteiger partial charge is 0.411 e. The molecule has 0 saturated carbocycles. The number of amides is 3. The molecule has 0 unspecified atom stereocenters. The van der Waals surface area contributed by atoms with Crippen LogP contribution in [0, 0.1) is 0 Å². The number of aromatic nitrogens is 2. The average Bonchev–Trinajstić information content (AvgIpc) is 2.89. The molecule has 3 rings (SSSR count). The first-order valence-corrected chi connectivity index (χ1v) is 13.5. The van der Waals surface area contributed by atoms with Gasteiger partial charge >= 0.3 is 12.2 Å². The van der Waals surface area contributed by atoms with Gasteiger partial charge in [-0.05, 0) is 69.5 Å². The summed E-state index contributed by atoms with van der Waals surface area (Å²) in [5.74, 6) is -0.145. The number of hydrogen-bond acceptors (Lipinski definition) is 7. The van der Waals surface area contributed by atoms with E-state index < -0.39 is 17.8 Å². The quantitative estimate of drug-likeness (QED) is 0.298. The van der Waals surface area contributed by atoms with Crippen molar-refractivity contribution in [2.75, 3.05) is 25.0 Å². The Morgan fingerprint density at radius 3 is 2.39 bits per heavy atom. The fourth-order valence-electron chi connectivity index (χ4n) is 3.83. The molecule has 0 fully saturated rings. The van der Waals surface area contributed by atoms with Gasteiger partial charge in [-0.1, -0.05) is 30.3 Å². The highest BCUT2D eigenvalue weighted by Gasteiger charge is 2.15. The fraction of sp³-hybridized carbons (Fsp3) is 0.367. The Bertz CT molecular complexity index is 1410. The summed E-state index contributed by atoms with van der Waals surface area (Å²) < 4.78 is 11.4. The molecule has 0 bridgehead atoms. The number of rotatable bonds is 11. The van der Waals surface area contributed by atoms with E-state index in [0.717, 1.165) is 16.7 Å². The third kappa shape index (κ3) is 10.8. The van der Waals surface area contributed by atoms with Gasteiger partial charge < -0.3 is 20.1 Å². The number of ether oxygens (including phenoxy) is 2. The molecule has 0 spiro atoms. The van der Waals surface area contributed by atoms with Gasteiger partial charge in [0.25, 0.3) is 5.56 Å². The van der Waals surface area contributed by atoms with Crippen molar-refractivity contribution in [3.05, 3.63) is 82.1 Å². The van der Waals surface area contributed by atoms with Crippen LogP contribution in [0.25, 0.3) is 11.3 Å². The van der Waals surface area contributed by atoms with Crippen LogP contribution in [0.3, 0.4) is 0 Å². The summed E-state index contributed by atoms with van der Waals surface area (Å²) in [4.78, 5) is 48.4. The van der Waals surface area contributed by atoms with Crippen LogP contribution >= 0.6 is 0 Å². The van der Waals surface area contributed by atoms with E-state index >= 15 is 0 Å². The second-order valence-electron chi connectivity index (χ2n) is 10.3. The summed E-state index contributed by atoms with van der Waals surface area (Å²) in [6.07, 6.45) is -0.295. The maximum Gasteiger partial charge on any atom is 0.411 e. The van der Waals surface area contributed by atoms with Gasteiger partial charge in [-0.3, -0.25) is 14.9 Å². The lowest BCUT2D eigenvalue weighted by atomic mass is 10.1. The first-order chi connectivity index (χ1) is 19.5. The standard InChI is InChI=1S/C30H37N5O6/c1-5-40-29(39)33-24-12-7-10-22(18-24)20-35-27(37)14-13-25(34-35)23-11-6-9-21(17-23)19-26(36)31-15-8-16-32-28(38)41-30(2,3)4/h6-7,9-14,17-18H,5,8,15-16,19-20H2,1-4H3,(H,31,36)(H,32,38)(H,33,39). The highest BCUT2D eigenvalue weighted by atomic mass is 16.6.